The maximum atomic E-state index is 13.7. The highest BCUT2D eigenvalue weighted by Crippen LogP contribution is 2.40. The number of nitrogens with one attached hydrogen (secondary N) is 2. The number of H-pyrrole nitrogens is 2. The maximum Gasteiger partial charge on any atom is 0.506 e. The van der Waals surface area contributed by atoms with Gasteiger partial charge in [0.15, 0.2) is 5.82 Å². The van der Waals surface area contributed by atoms with E-state index in [1.807, 2.05) is 41.3 Å². The van der Waals surface area contributed by atoms with Crippen molar-refractivity contribution in [3.63, 3.8) is 0 Å². The molecule has 0 bridgehead atoms. The zero-order valence-corrected chi connectivity index (χ0v) is 23.6. The molecule has 0 spiro atoms. The van der Waals surface area contributed by atoms with E-state index in [4.69, 9.17) is 4.74 Å². The number of carboxylic acid groups (broad SMARTS) is 1. The highest BCUT2D eigenvalue weighted by molar-refractivity contribution is 9.10. The lowest BCUT2D eigenvalue weighted by Gasteiger charge is -2.35. The molecule has 2 fully saturated rings. The minimum Gasteiger partial charge on any atom is -0.450 e. The molecule has 2 aliphatic carbocycles. The molecule has 1 amide bonds. The summed E-state index contributed by atoms with van der Waals surface area (Å²) in [5.74, 6) is 0.660. The first-order chi connectivity index (χ1) is 19.4. The van der Waals surface area contributed by atoms with Crippen molar-refractivity contribution in [1.82, 2.24) is 30.5 Å². The Morgan fingerprint density at radius 2 is 1.82 bits per heavy atom. The van der Waals surface area contributed by atoms with Crippen LogP contribution >= 0.6 is 15.9 Å². The molecule has 0 saturated heterocycles. The number of nitrogens with zero attached hydrogens (tertiary/aromatic N) is 4. The third kappa shape index (κ3) is 5.22. The van der Waals surface area contributed by atoms with E-state index in [0.717, 1.165) is 76.3 Å². The summed E-state index contributed by atoms with van der Waals surface area (Å²) in [6.45, 7) is 0.675. The van der Waals surface area contributed by atoms with Crippen molar-refractivity contribution in [3.05, 3.63) is 52.5 Å². The molecule has 2 heterocycles. The van der Waals surface area contributed by atoms with Crippen molar-refractivity contribution in [1.29, 1.82) is 0 Å². The van der Waals surface area contributed by atoms with Gasteiger partial charge in [0.2, 0.25) is 5.91 Å². The van der Waals surface area contributed by atoms with E-state index < -0.39 is 11.8 Å². The lowest BCUT2D eigenvalue weighted by Crippen LogP contribution is -2.47. The second kappa shape index (κ2) is 11.0. The summed E-state index contributed by atoms with van der Waals surface area (Å²) < 4.78 is 6.36. The second-order valence-corrected chi connectivity index (χ2v) is 11.7. The Morgan fingerprint density at radius 1 is 1.07 bits per heavy atom. The Kier molecular flexibility index (Phi) is 7.31. The maximum absolute atomic E-state index is 13.7. The topological polar surface area (TPSA) is 137 Å². The first kappa shape index (κ1) is 26.5. The van der Waals surface area contributed by atoms with E-state index in [-0.39, 0.29) is 18.4 Å². The number of carbonyl (C=O) groups is 2. The molecule has 10 nitrogen and oxygen atoms in total. The number of ether oxygens (including phenoxy) is 1. The lowest BCUT2D eigenvalue weighted by molar-refractivity contribution is -0.140. The van der Waals surface area contributed by atoms with E-state index in [2.05, 4.69) is 47.6 Å². The number of fused-ring (bicyclic) bond motifs is 1. The van der Waals surface area contributed by atoms with Gasteiger partial charge in [-0.2, -0.15) is 0 Å². The average Bonchev–Trinajstić information content (AvgIpc) is 3.76. The summed E-state index contributed by atoms with van der Waals surface area (Å²) in [7, 11) is 0. The van der Waals surface area contributed by atoms with Gasteiger partial charge in [-0.05, 0) is 82.6 Å². The molecule has 11 heteroatoms. The van der Waals surface area contributed by atoms with Crippen LogP contribution in [0.15, 0.2) is 46.9 Å². The molecule has 0 atom stereocenters. The number of carbonyl (C=O) groups excluding carboxylic acids is 1. The zero-order valence-electron chi connectivity index (χ0n) is 22.0. The predicted octanol–water partition coefficient (Wildman–Crippen LogP) is 6.30. The van der Waals surface area contributed by atoms with Crippen LogP contribution in [0.5, 0.6) is 0 Å². The van der Waals surface area contributed by atoms with Gasteiger partial charge in [-0.3, -0.25) is 4.79 Å². The number of aromatic amines is 2. The Bertz CT molecular complexity index is 1520. The molecule has 2 aromatic carbocycles. The highest BCUT2D eigenvalue weighted by Gasteiger charge is 2.42. The molecule has 0 radical (unpaired) electrons. The first-order valence-electron chi connectivity index (χ1n) is 13.8. The average molecular weight is 608 g/mol. The van der Waals surface area contributed by atoms with Gasteiger partial charge in [-0.1, -0.05) is 43.2 Å². The molecule has 2 saturated carbocycles. The zero-order chi connectivity index (χ0) is 27.7. The molecule has 3 N–H and O–H groups in total. The quantitative estimate of drug-likeness (QED) is 0.200. The SMILES string of the molecule is O=C(O)OC1(CN(Cc2ccc3[nH]c(-c4ccccc4-c4nnn[nH]4)c(Br)c3c2)C(=O)C2CCCC2)CCCC1. The molecule has 0 unspecified atom stereocenters. The molecule has 0 aliphatic heterocycles. The van der Waals surface area contributed by atoms with Crippen LogP contribution in [0.25, 0.3) is 33.5 Å². The summed E-state index contributed by atoms with van der Waals surface area (Å²) in [5.41, 5.74) is 3.79. The molecular weight excluding hydrogens is 576 g/mol. The molecule has 6 rings (SSSR count). The Morgan fingerprint density at radius 3 is 2.52 bits per heavy atom. The van der Waals surface area contributed by atoms with Crippen molar-refractivity contribution in [2.45, 2.75) is 63.5 Å². The number of rotatable bonds is 8. The molecule has 2 aromatic heterocycles. The fourth-order valence-corrected chi connectivity index (χ4v) is 7.02. The Labute approximate surface area is 239 Å². The van der Waals surface area contributed by atoms with Crippen LogP contribution < -0.4 is 0 Å². The fourth-order valence-electron chi connectivity index (χ4n) is 6.38. The molecule has 208 valence electrons. The van der Waals surface area contributed by atoms with Crippen molar-refractivity contribution in [2.24, 2.45) is 5.92 Å². The number of hydrogen-bond donors (Lipinski definition) is 3. The van der Waals surface area contributed by atoms with Crippen molar-refractivity contribution in [2.75, 3.05) is 6.54 Å². The van der Waals surface area contributed by atoms with E-state index in [0.29, 0.717) is 25.2 Å². The number of amides is 1. The molecule has 2 aliphatic rings. The summed E-state index contributed by atoms with van der Waals surface area (Å²) >= 11 is 3.82. The van der Waals surface area contributed by atoms with Crippen LogP contribution in [0.2, 0.25) is 0 Å². The van der Waals surface area contributed by atoms with Gasteiger partial charge in [-0.15, -0.1) is 5.10 Å². The number of tetrazole rings is 1. The fraction of sp³-hybridized carbons (Fsp3) is 0.414. The van der Waals surface area contributed by atoms with Crippen molar-refractivity contribution in [3.8, 4) is 22.6 Å². The molecule has 40 heavy (non-hydrogen) atoms. The Hall–Kier alpha value is -3.73. The van der Waals surface area contributed by atoms with Crippen LogP contribution in [0.3, 0.4) is 0 Å². The monoisotopic (exact) mass is 606 g/mol. The molecule has 4 aromatic rings. The number of aromatic nitrogens is 5. The first-order valence-corrected chi connectivity index (χ1v) is 14.6. The van der Waals surface area contributed by atoms with E-state index in [9.17, 15) is 14.7 Å². The van der Waals surface area contributed by atoms with Crippen molar-refractivity contribution < 1.29 is 19.4 Å². The van der Waals surface area contributed by atoms with Gasteiger partial charge >= 0.3 is 6.16 Å². The van der Waals surface area contributed by atoms with Gasteiger partial charge in [0.1, 0.15) is 5.60 Å². The van der Waals surface area contributed by atoms with Crippen LogP contribution in [0.1, 0.15) is 56.9 Å². The summed E-state index contributed by atoms with van der Waals surface area (Å²) in [4.78, 5) is 30.7. The lowest BCUT2D eigenvalue weighted by atomic mass is 9.98. The van der Waals surface area contributed by atoms with Gasteiger partial charge in [-0.25, -0.2) is 9.89 Å². The van der Waals surface area contributed by atoms with Gasteiger partial charge in [0, 0.05) is 34.5 Å². The minimum atomic E-state index is -1.28. The van der Waals surface area contributed by atoms with Crippen LogP contribution in [0.4, 0.5) is 4.79 Å². The summed E-state index contributed by atoms with van der Waals surface area (Å²) in [6.07, 6.45) is 5.67. The van der Waals surface area contributed by atoms with E-state index in [1.165, 1.54) is 0 Å². The Balaban J connectivity index is 1.33. The molecular formula is C29H31BrN6O4. The van der Waals surface area contributed by atoms with Crippen LogP contribution in [-0.4, -0.2) is 59.8 Å². The van der Waals surface area contributed by atoms with E-state index >= 15 is 0 Å². The van der Waals surface area contributed by atoms with Crippen LogP contribution in [-0.2, 0) is 16.1 Å². The highest BCUT2D eigenvalue weighted by atomic mass is 79.9. The van der Waals surface area contributed by atoms with E-state index in [1.54, 1.807) is 0 Å². The number of hydrogen-bond acceptors (Lipinski definition) is 6. The third-order valence-corrected chi connectivity index (χ3v) is 9.11. The summed E-state index contributed by atoms with van der Waals surface area (Å²) in [5, 5.41) is 24.8. The normalized spacial score (nSPS) is 16.9. The second-order valence-electron chi connectivity index (χ2n) is 10.9. The van der Waals surface area contributed by atoms with Crippen molar-refractivity contribution >= 4 is 38.9 Å². The largest absolute Gasteiger partial charge is 0.506 e. The minimum absolute atomic E-state index is 0.0142. The van der Waals surface area contributed by atoms with Gasteiger partial charge < -0.3 is 19.7 Å². The van der Waals surface area contributed by atoms with Gasteiger partial charge in [0.25, 0.3) is 0 Å². The standard InChI is InChI=1S/C29H31BrN6O4/c30-24-22-15-18(11-12-23(22)31-25(24)20-9-3-4-10-21(20)26-32-34-35-33-26)16-36(27(37)19-7-1-2-8-19)17-29(40-28(38)39)13-5-6-14-29/h3-4,9-12,15,19,31H,1-2,5-8,13-14,16-17H2,(H,38,39)(H,32,33,34,35). The number of halogens is 1. The van der Waals surface area contributed by atoms with Gasteiger partial charge in [0.05, 0.1) is 16.7 Å². The van der Waals surface area contributed by atoms with Crippen LogP contribution in [0, 0.1) is 5.92 Å². The summed E-state index contributed by atoms with van der Waals surface area (Å²) in [6, 6.07) is 14.0. The predicted molar refractivity (Wildman–Crippen MR) is 152 cm³/mol. The smallest absolute Gasteiger partial charge is 0.450 e. The third-order valence-electron chi connectivity index (χ3n) is 8.28. The number of benzene rings is 2.